The number of hydrogen-bond acceptors (Lipinski definition) is 4. The molecule has 1 amide bonds. The number of amides is 1. The first-order valence-corrected chi connectivity index (χ1v) is 10.3. The summed E-state index contributed by atoms with van der Waals surface area (Å²) in [6.07, 6.45) is 1.58. The minimum atomic E-state index is -0.539. The van der Waals surface area contributed by atoms with Crippen molar-refractivity contribution in [1.29, 1.82) is 0 Å². The molecule has 4 rings (SSSR count). The molecular formula is C24H28N2O3. The SMILES string of the molecule is Cc1cccc(N2CCN(C(=O)COC(=O)C3(c4ccccc4)CC3)CC2)c1C. The first-order chi connectivity index (χ1) is 14.0. The van der Waals surface area contributed by atoms with Crippen molar-refractivity contribution in [2.45, 2.75) is 32.1 Å². The molecule has 0 N–H and O–H groups in total. The summed E-state index contributed by atoms with van der Waals surface area (Å²) in [5.74, 6) is -0.381. The van der Waals surface area contributed by atoms with Gasteiger partial charge in [0.05, 0.1) is 5.41 Å². The molecular weight excluding hydrogens is 364 g/mol. The van der Waals surface area contributed by atoms with E-state index in [4.69, 9.17) is 4.74 Å². The van der Waals surface area contributed by atoms with Crippen molar-refractivity contribution in [3.63, 3.8) is 0 Å². The van der Waals surface area contributed by atoms with Gasteiger partial charge in [-0.15, -0.1) is 0 Å². The molecule has 1 heterocycles. The van der Waals surface area contributed by atoms with E-state index < -0.39 is 5.41 Å². The van der Waals surface area contributed by atoms with Gasteiger partial charge < -0.3 is 14.5 Å². The van der Waals surface area contributed by atoms with Crippen LogP contribution in [-0.4, -0.2) is 49.6 Å². The number of esters is 1. The summed E-state index contributed by atoms with van der Waals surface area (Å²) < 4.78 is 5.44. The highest BCUT2D eigenvalue weighted by Crippen LogP contribution is 2.49. The predicted octanol–water partition coefficient (Wildman–Crippen LogP) is 3.23. The molecule has 1 saturated carbocycles. The first kappa shape index (κ1) is 19.5. The quantitative estimate of drug-likeness (QED) is 0.733. The number of aryl methyl sites for hydroxylation is 1. The number of ether oxygens (including phenoxy) is 1. The maximum absolute atomic E-state index is 12.6. The summed E-state index contributed by atoms with van der Waals surface area (Å²) in [5.41, 5.74) is 4.25. The number of piperazine rings is 1. The van der Waals surface area contributed by atoms with Gasteiger partial charge in [-0.2, -0.15) is 0 Å². The van der Waals surface area contributed by atoms with E-state index in [0.29, 0.717) is 13.1 Å². The van der Waals surface area contributed by atoms with Crippen molar-refractivity contribution >= 4 is 17.6 Å². The van der Waals surface area contributed by atoms with Crippen LogP contribution in [-0.2, 0) is 19.7 Å². The number of anilines is 1. The van der Waals surface area contributed by atoms with Crippen molar-refractivity contribution < 1.29 is 14.3 Å². The minimum absolute atomic E-state index is 0.108. The fourth-order valence-corrected chi connectivity index (χ4v) is 4.12. The van der Waals surface area contributed by atoms with Crippen molar-refractivity contribution in [3.8, 4) is 0 Å². The highest BCUT2D eigenvalue weighted by molar-refractivity contribution is 5.89. The smallest absolute Gasteiger partial charge is 0.317 e. The maximum Gasteiger partial charge on any atom is 0.317 e. The molecule has 2 fully saturated rings. The molecule has 29 heavy (non-hydrogen) atoms. The molecule has 1 aliphatic heterocycles. The Balaban J connectivity index is 1.29. The number of benzene rings is 2. The van der Waals surface area contributed by atoms with E-state index in [9.17, 15) is 9.59 Å². The van der Waals surface area contributed by atoms with Gasteiger partial charge in [0.15, 0.2) is 6.61 Å². The molecule has 0 bridgehead atoms. The normalized spacial score (nSPS) is 17.7. The van der Waals surface area contributed by atoms with E-state index in [-0.39, 0.29) is 18.5 Å². The van der Waals surface area contributed by atoms with Crippen molar-refractivity contribution in [1.82, 2.24) is 4.90 Å². The number of hydrogen-bond donors (Lipinski definition) is 0. The summed E-state index contributed by atoms with van der Waals surface area (Å²) in [5, 5.41) is 0. The van der Waals surface area contributed by atoms with Crippen LogP contribution in [0.25, 0.3) is 0 Å². The van der Waals surface area contributed by atoms with Crippen LogP contribution in [0.4, 0.5) is 5.69 Å². The van der Waals surface area contributed by atoms with Crippen LogP contribution in [0.2, 0.25) is 0 Å². The molecule has 2 aromatic rings. The average molecular weight is 392 g/mol. The summed E-state index contributed by atoms with van der Waals surface area (Å²) in [6.45, 7) is 6.96. The highest BCUT2D eigenvalue weighted by atomic mass is 16.5. The molecule has 1 aliphatic carbocycles. The Morgan fingerprint density at radius 1 is 0.931 bits per heavy atom. The number of nitrogens with zero attached hydrogens (tertiary/aromatic N) is 2. The second kappa shape index (κ2) is 7.90. The lowest BCUT2D eigenvalue weighted by Gasteiger charge is -2.37. The van der Waals surface area contributed by atoms with Crippen LogP contribution in [0.15, 0.2) is 48.5 Å². The second-order valence-electron chi connectivity index (χ2n) is 8.11. The van der Waals surface area contributed by atoms with E-state index in [1.54, 1.807) is 4.90 Å². The molecule has 2 aliphatic rings. The average Bonchev–Trinajstić information content (AvgIpc) is 3.57. The topological polar surface area (TPSA) is 49.9 Å². The predicted molar refractivity (Wildman–Crippen MR) is 113 cm³/mol. The van der Waals surface area contributed by atoms with Gasteiger partial charge in [-0.1, -0.05) is 42.5 Å². The first-order valence-electron chi connectivity index (χ1n) is 10.3. The molecule has 5 heteroatoms. The number of rotatable bonds is 5. The van der Waals surface area contributed by atoms with Gasteiger partial charge in [0.1, 0.15) is 0 Å². The molecule has 0 aromatic heterocycles. The standard InChI is InChI=1S/C24H28N2O3/c1-18-7-6-10-21(19(18)2)25-13-15-26(16-14-25)22(27)17-29-23(28)24(11-12-24)20-8-4-3-5-9-20/h3-10H,11-17H2,1-2H3. The molecule has 0 radical (unpaired) electrons. The van der Waals surface area contributed by atoms with Crippen LogP contribution in [0.3, 0.4) is 0 Å². The van der Waals surface area contributed by atoms with Crippen LogP contribution in [0, 0.1) is 13.8 Å². The van der Waals surface area contributed by atoms with E-state index in [0.717, 1.165) is 31.5 Å². The third kappa shape index (κ3) is 3.86. The Kier molecular flexibility index (Phi) is 5.31. The zero-order valence-electron chi connectivity index (χ0n) is 17.2. The molecule has 0 spiro atoms. The zero-order valence-corrected chi connectivity index (χ0v) is 17.2. The molecule has 152 valence electrons. The van der Waals surface area contributed by atoms with E-state index in [1.807, 2.05) is 30.3 Å². The van der Waals surface area contributed by atoms with Crippen molar-refractivity contribution in [3.05, 3.63) is 65.2 Å². The highest BCUT2D eigenvalue weighted by Gasteiger charge is 2.52. The van der Waals surface area contributed by atoms with Crippen molar-refractivity contribution in [2.75, 3.05) is 37.7 Å². The third-order valence-corrected chi connectivity index (χ3v) is 6.34. The van der Waals surface area contributed by atoms with Crippen molar-refractivity contribution in [2.24, 2.45) is 0 Å². The Bertz CT molecular complexity index is 898. The largest absolute Gasteiger partial charge is 0.455 e. The Morgan fingerprint density at radius 3 is 2.28 bits per heavy atom. The lowest BCUT2D eigenvalue weighted by molar-refractivity contribution is -0.154. The lowest BCUT2D eigenvalue weighted by Crippen LogP contribution is -2.50. The van der Waals surface area contributed by atoms with E-state index >= 15 is 0 Å². The molecule has 0 atom stereocenters. The van der Waals surface area contributed by atoms with Gasteiger partial charge in [-0.25, -0.2) is 0 Å². The molecule has 1 saturated heterocycles. The third-order valence-electron chi connectivity index (χ3n) is 6.34. The monoisotopic (exact) mass is 392 g/mol. The van der Waals surface area contributed by atoms with Gasteiger partial charge in [-0.3, -0.25) is 9.59 Å². The molecule has 0 unspecified atom stereocenters. The number of carbonyl (C=O) groups excluding carboxylic acids is 2. The Hall–Kier alpha value is -2.82. The zero-order chi connectivity index (χ0) is 20.4. The second-order valence-corrected chi connectivity index (χ2v) is 8.11. The summed E-state index contributed by atoms with van der Waals surface area (Å²) in [7, 11) is 0. The molecule has 2 aromatic carbocycles. The van der Waals surface area contributed by atoms with Crippen LogP contribution < -0.4 is 4.90 Å². The lowest BCUT2D eigenvalue weighted by atomic mass is 9.96. The van der Waals surface area contributed by atoms with E-state index in [1.165, 1.54) is 16.8 Å². The summed E-state index contributed by atoms with van der Waals surface area (Å²) in [4.78, 5) is 29.3. The van der Waals surface area contributed by atoms with Gasteiger partial charge in [0, 0.05) is 31.9 Å². The molecule has 5 nitrogen and oxygen atoms in total. The Labute approximate surface area is 172 Å². The van der Waals surface area contributed by atoms with Crippen LogP contribution in [0.1, 0.15) is 29.5 Å². The Morgan fingerprint density at radius 2 is 1.62 bits per heavy atom. The van der Waals surface area contributed by atoms with Gasteiger partial charge in [-0.05, 0) is 49.4 Å². The fraction of sp³-hybridized carbons (Fsp3) is 0.417. The van der Waals surface area contributed by atoms with Gasteiger partial charge in [0.2, 0.25) is 0 Å². The van der Waals surface area contributed by atoms with Crippen LogP contribution >= 0.6 is 0 Å². The minimum Gasteiger partial charge on any atom is -0.455 e. The van der Waals surface area contributed by atoms with Gasteiger partial charge in [0.25, 0.3) is 5.91 Å². The summed E-state index contributed by atoms with van der Waals surface area (Å²) >= 11 is 0. The summed E-state index contributed by atoms with van der Waals surface area (Å²) in [6, 6.07) is 16.1. The number of carbonyl (C=O) groups is 2. The van der Waals surface area contributed by atoms with Gasteiger partial charge >= 0.3 is 5.97 Å². The maximum atomic E-state index is 12.6. The van der Waals surface area contributed by atoms with Crippen LogP contribution in [0.5, 0.6) is 0 Å². The van der Waals surface area contributed by atoms with E-state index in [2.05, 4.69) is 36.9 Å². The fourth-order valence-electron chi connectivity index (χ4n) is 4.12.